The molecule has 0 spiro atoms. The number of aromatic nitrogens is 3. The molecule has 0 aliphatic carbocycles. The zero-order chi connectivity index (χ0) is 22.1. The molecule has 1 fully saturated rings. The number of hydrogen-bond donors (Lipinski definition) is 2. The van der Waals surface area contributed by atoms with E-state index in [0.29, 0.717) is 5.69 Å². The Morgan fingerprint density at radius 2 is 2.03 bits per heavy atom. The van der Waals surface area contributed by atoms with E-state index in [-0.39, 0.29) is 18.9 Å². The molecule has 1 aliphatic rings. The van der Waals surface area contributed by atoms with Crippen LogP contribution in [0.1, 0.15) is 51.5 Å². The second-order valence-corrected chi connectivity index (χ2v) is 9.22. The third-order valence-corrected chi connectivity index (χ3v) is 5.61. The maximum Gasteiger partial charge on any atom is 0.411 e. The van der Waals surface area contributed by atoms with Gasteiger partial charge in [0, 0.05) is 6.42 Å². The van der Waals surface area contributed by atoms with Crippen LogP contribution >= 0.6 is 11.3 Å². The van der Waals surface area contributed by atoms with Gasteiger partial charge in [0.05, 0.1) is 52.9 Å². The number of likely N-dealkylation sites (tertiary alicyclic amines) is 1. The Kier molecular flexibility index (Phi) is 6.37. The van der Waals surface area contributed by atoms with Gasteiger partial charge in [0.15, 0.2) is 0 Å². The maximum atomic E-state index is 12.8. The highest BCUT2D eigenvalue weighted by molar-refractivity contribution is 7.13. The molecule has 0 unspecified atom stereocenters. The average molecular weight is 434 g/mol. The fraction of sp³-hybridized carbons (Fsp3) is 0.550. The van der Waals surface area contributed by atoms with Crippen molar-refractivity contribution in [2.45, 2.75) is 64.8 Å². The maximum absolute atomic E-state index is 12.8. The van der Waals surface area contributed by atoms with Crippen molar-refractivity contribution in [1.29, 1.82) is 0 Å². The number of nitrogens with one attached hydrogen (secondary N) is 1. The zero-order valence-corrected chi connectivity index (χ0v) is 18.6. The van der Waals surface area contributed by atoms with Gasteiger partial charge in [0.25, 0.3) is 0 Å². The van der Waals surface area contributed by atoms with Crippen molar-refractivity contribution in [2.75, 3.05) is 6.54 Å². The van der Waals surface area contributed by atoms with E-state index >= 15 is 0 Å². The molecule has 3 heterocycles. The van der Waals surface area contributed by atoms with Crippen LogP contribution in [-0.4, -0.2) is 61.3 Å². The summed E-state index contributed by atoms with van der Waals surface area (Å²) in [6, 6.07) is -1.22. The molecule has 1 aliphatic heterocycles. The van der Waals surface area contributed by atoms with Gasteiger partial charge >= 0.3 is 6.09 Å². The number of carbonyl (C=O) groups excluding carboxylic acids is 2. The SMILES string of the molecule is Cc1ncsc1-c1cnc([C@H](C)NC(=O)[C@@H]2C[C@@H](O)CN2C(=O)OC(C)(C)C)cn1. The van der Waals surface area contributed by atoms with Gasteiger partial charge < -0.3 is 15.2 Å². The van der Waals surface area contributed by atoms with Crippen LogP contribution in [0.2, 0.25) is 0 Å². The van der Waals surface area contributed by atoms with Gasteiger partial charge in [0.1, 0.15) is 17.3 Å². The van der Waals surface area contributed by atoms with Crippen LogP contribution in [0.5, 0.6) is 0 Å². The van der Waals surface area contributed by atoms with Gasteiger partial charge in [-0.3, -0.25) is 19.7 Å². The Hall–Kier alpha value is -2.59. The van der Waals surface area contributed by atoms with Crippen LogP contribution in [0.15, 0.2) is 17.9 Å². The summed E-state index contributed by atoms with van der Waals surface area (Å²) in [7, 11) is 0. The number of β-amino-alcohol motifs (C(OH)–C–C–N with tert-alkyl or cyclic N) is 1. The second-order valence-electron chi connectivity index (χ2n) is 8.36. The number of nitrogens with zero attached hydrogens (tertiary/aromatic N) is 4. The van der Waals surface area contributed by atoms with Crippen LogP contribution in [-0.2, 0) is 9.53 Å². The highest BCUT2D eigenvalue weighted by Crippen LogP contribution is 2.26. The van der Waals surface area contributed by atoms with Gasteiger partial charge in [-0.25, -0.2) is 9.78 Å². The molecule has 3 rings (SSSR count). The smallest absolute Gasteiger partial charge is 0.411 e. The molecule has 2 amide bonds. The molecule has 2 aromatic heterocycles. The van der Waals surface area contributed by atoms with Crippen LogP contribution in [0.3, 0.4) is 0 Å². The molecular weight excluding hydrogens is 406 g/mol. The molecule has 30 heavy (non-hydrogen) atoms. The Balaban J connectivity index is 1.66. The molecule has 3 atom stereocenters. The summed E-state index contributed by atoms with van der Waals surface area (Å²) in [5, 5.41) is 12.9. The predicted octanol–water partition coefficient (Wildman–Crippen LogP) is 2.46. The number of aliphatic hydroxyl groups is 1. The van der Waals surface area contributed by atoms with Crippen LogP contribution < -0.4 is 5.32 Å². The summed E-state index contributed by atoms with van der Waals surface area (Å²) >= 11 is 1.49. The first-order valence-electron chi connectivity index (χ1n) is 9.75. The number of ether oxygens (including phenoxy) is 1. The first-order chi connectivity index (χ1) is 14.0. The van der Waals surface area contributed by atoms with Crippen molar-refractivity contribution in [1.82, 2.24) is 25.2 Å². The molecule has 10 heteroatoms. The zero-order valence-electron chi connectivity index (χ0n) is 17.7. The summed E-state index contributed by atoms with van der Waals surface area (Å²) in [6.45, 7) is 9.03. The molecule has 0 bridgehead atoms. The minimum absolute atomic E-state index is 0.0596. The predicted molar refractivity (Wildman–Crippen MR) is 112 cm³/mol. The van der Waals surface area contributed by atoms with Crippen LogP contribution in [0.4, 0.5) is 4.79 Å². The lowest BCUT2D eigenvalue weighted by Crippen LogP contribution is -2.48. The van der Waals surface area contributed by atoms with Gasteiger partial charge in [-0.1, -0.05) is 0 Å². The van der Waals surface area contributed by atoms with Crippen molar-refractivity contribution < 1.29 is 19.4 Å². The molecule has 0 saturated carbocycles. The first kappa shape index (κ1) is 22.1. The van der Waals surface area contributed by atoms with Gasteiger partial charge in [-0.2, -0.15) is 0 Å². The minimum Gasteiger partial charge on any atom is -0.444 e. The van der Waals surface area contributed by atoms with E-state index in [4.69, 9.17) is 4.74 Å². The average Bonchev–Trinajstić information content (AvgIpc) is 3.26. The summed E-state index contributed by atoms with van der Waals surface area (Å²) in [6.07, 6.45) is 2.05. The minimum atomic E-state index is -0.802. The molecule has 162 valence electrons. The van der Waals surface area contributed by atoms with E-state index in [9.17, 15) is 14.7 Å². The molecular formula is C20H27N5O4S. The van der Waals surface area contributed by atoms with Crippen molar-refractivity contribution in [3.05, 3.63) is 29.3 Å². The molecule has 9 nitrogen and oxygen atoms in total. The normalized spacial score (nSPS) is 20.1. The number of thiazole rings is 1. The Bertz CT molecular complexity index is 909. The summed E-state index contributed by atoms with van der Waals surface area (Å²) < 4.78 is 5.37. The van der Waals surface area contributed by atoms with Gasteiger partial charge in [0.2, 0.25) is 5.91 Å². The molecule has 0 radical (unpaired) electrons. The lowest BCUT2D eigenvalue weighted by molar-refractivity contribution is -0.126. The van der Waals surface area contributed by atoms with Crippen molar-refractivity contribution in [2.24, 2.45) is 0 Å². The van der Waals surface area contributed by atoms with Crippen LogP contribution in [0.25, 0.3) is 10.6 Å². The Morgan fingerprint density at radius 1 is 1.30 bits per heavy atom. The quantitative estimate of drug-likeness (QED) is 0.760. The number of carbonyl (C=O) groups is 2. The van der Waals surface area contributed by atoms with Crippen molar-refractivity contribution in [3.63, 3.8) is 0 Å². The van der Waals surface area contributed by atoms with Gasteiger partial charge in [-0.05, 0) is 34.6 Å². The molecule has 1 saturated heterocycles. The van der Waals surface area contributed by atoms with E-state index in [1.54, 1.807) is 45.6 Å². The number of aliphatic hydroxyl groups excluding tert-OH is 1. The van der Waals surface area contributed by atoms with Crippen molar-refractivity contribution >= 4 is 23.3 Å². The number of aryl methyl sites for hydroxylation is 1. The third kappa shape index (κ3) is 5.11. The lowest BCUT2D eigenvalue weighted by atomic mass is 10.1. The van der Waals surface area contributed by atoms with E-state index in [0.717, 1.165) is 16.3 Å². The van der Waals surface area contributed by atoms with Crippen molar-refractivity contribution in [3.8, 4) is 10.6 Å². The monoisotopic (exact) mass is 433 g/mol. The highest BCUT2D eigenvalue weighted by atomic mass is 32.1. The van der Waals surface area contributed by atoms with E-state index < -0.39 is 29.9 Å². The number of hydrogen-bond acceptors (Lipinski definition) is 8. The second kappa shape index (κ2) is 8.65. The molecule has 2 aromatic rings. The summed E-state index contributed by atoms with van der Waals surface area (Å²) in [4.78, 5) is 40.6. The molecule has 0 aromatic carbocycles. The number of rotatable bonds is 4. The Labute approximate surface area is 179 Å². The van der Waals surface area contributed by atoms with E-state index in [1.165, 1.54) is 16.2 Å². The number of amides is 2. The first-order valence-corrected chi connectivity index (χ1v) is 10.6. The summed E-state index contributed by atoms with van der Waals surface area (Å²) in [5.74, 6) is -0.367. The fourth-order valence-electron chi connectivity index (χ4n) is 3.19. The molecule has 2 N–H and O–H groups in total. The summed E-state index contributed by atoms with van der Waals surface area (Å²) in [5.41, 5.74) is 3.29. The van der Waals surface area contributed by atoms with Gasteiger partial charge in [-0.15, -0.1) is 11.3 Å². The van der Waals surface area contributed by atoms with E-state index in [2.05, 4.69) is 20.3 Å². The topological polar surface area (TPSA) is 118 Å². The Morgan fingerprint density at radius 3 is 2.60 bits per heavy atom. The van der Waals surface area contributed by atoms with E-state index in [1.807, 2.05) is 6.92 Å². The fourth-order valence-corrected chi connectivity index (χ4v) is 3.96. The highest BCUT2D eigenvalue weighted by Gasteiger charge is 2.41. The standard InChI is InChI=1S/C20H27N5O4S/c1-11(14-7-22-15(8-21-14)17-12(2)23-10-30-17)24-18(27)16-6-13(26)9-25(16)19(28)29-20(3,4)5/h7-8,10-11,13,16,26H,6,9H2,1-5H3,(H,24,27)/t11-,13+,16-/m0/s1. The lowest BCUT2D eigenvalue weighted by Gasteiger charge is -2.28. The van der Waals surface area contributed by atoms with Crippen LogP contribution in [0, 0.1) is 6.92 Å². The third-order valence-electron chi connectivity index (χ3n) is 4.66. The largest absolute Gasteiger partial charge is 0.444 e.